The first-order valence-corrected chi connectivity index (χ1v) is 6.73. The van der Waals surface area contributed by atoms with Crippen molar-refractivity contribution in [2.45, 2.75) is 20.8 Å². The topological polar surface area (TPSA) is 66.9 Å². The van der Waals surface area contributed by atoms with Crippen molar-refractivity contribution >= 4 is 28.1 Å². The van der Waals surface area contributed by atoms with Crippen LogP contribution in [-0.2, 0) is 0 Å². The van der Waals surface area contributed by atoms with Crippen LogP contribution in [0.15, 0.2) is 12.1 Å². The molecular formula is C13H16N4OS. The summed E-state index contributed by atoms with van der Waals surface area (Å²) in [5.74, 6) is -0.228. The maximum Gasteiger partial charge on any atom is 0.286 e. The highest BCUT2D eigenvalue weighted by molar-refractivity contribution is 7.17. The van der Waals surface area contributed by atoms with Gasteiger partial charge in [-0.2, -0.15) is 0 Å². The fraction of sp³-hybridized carbons (Fsp3) is 0.308. The monoisotopic (exact) mass is 276 g/mol. The lowest BCUT2D eigenvalue weighted by atomic mass is 10.1. The Hall–Kier alpha value is -1.95. The van der Waals surface area contributed by atoms with Crippen LogP contribution in [0.3, 0.4) is 0 Å². The number of carbonyl (C=O) groups excluding carboxylic acids is 1. The van der Waals surface area contributed by atoms with E-state index in [0.717, 1.165) is 16.8 Å². The van der Waals surface area contributed by atoms with E-state index in [2.05, 4.69) is 20.8 Å². The van der Waals surface area contributed by atoms with Crippen LogP contribution in [0.1, 0.15) is 26.5 Å². The van der Waals surface area contributed by atoms with Crippen molar-refractivity contribution in [1.29, 1.82) is 0 Å². The van der Waals surface area contributed by atoms with Crippen molar-refractivity contribution in [2.24, 2.45) is 0 Å². The third kappa shape index (κ3) is 2.90. The van der Waals surface area contributed by atoms with Crippen molar-refractivity contribution in [3.63, 3.8) is 0 Å². The Labute approximate surface area is 116 Å². The molecule has 19 heavy (non-hydrogen) atoms. The summed E-state index contributed by atoms with van der Waals surface area (Å²) in [4.78, 5) is 12.1. The predicted octanol–water partition coefficient (Wildman–Crippen LogP) is 2.76. The highest BCUT2D eigenvalue weighted by atomic mass is 32.1. The van der Waals surface area contributed by atoms with E-state index in [4.69, 9.17) is 0 Å². The van der Waals surface area contributed by atoms with Gasteiger partial charge in [0.15, 0.2) is 0 Å². The molecule has 1 amide bonds. The van der Waals surface area contributed by atoms with Gasteiger partial charge in [0, 0.05) is 12.7 Å². The van der Waals surface area contributed by atoms with Gasteiger partial charge in [-0.25, -0.2) is 0 Å². The molecule has 0 aliphatic heterocycles. The molecule has 0 atom stereocenters. The largest absolute Gasteiger partial charge is 0.363 e. The van der Waals surface area contributed by atoms with Crippen molar-refractivity contribution in [2.75, 3.05) is 17.7 Å². The number of hydrogen-bond donors (Lipinski definition) is 2. The van der Waals surface area contributed by atoms with E-state index >= 15 is 0 Å². The van der Waals surface area contributed by atoms with E-state index in [1.807, 2.05) is 32.9 Å². The standard InChI is InChI=1S/C13H16N4OS/c1-7-5-8(2)10(9(3)6-7)15-11(18)12-16-17-13(14-4)19-12/h5-6H,1-4H3,(H,14,17)(H,15,18). The first-order valence-electron chi connectivity index (χ1n) is 5.91. The van der Waals surface area contributed by atoms with Crippen molar-refractivity contribution < 1.29 is 4.79 Å². The van der Waals surface area contributed by atoms with Gasteiger partial charge in [-0.3, -0.25) is 4.79 Å². The normalized spacial score (nSPS) is 10.3. The van der Waals surface area contributed by atoms with E-state index < -0.39 is 0 Å². The molecule has 0 aliphatic carbocycles. The first-order chi connectivity index (χ1) is 9.01. The molecular weight excluding hydrogens is 260 g/mol. The molecule has 0 fully saturated rings. The highest BCUT2D eigenvalue weighted by Crippen LogP contribution is 2.23. The van der Waals surface area contributed by atoms with Crippen LogP contribution in [-0.4, -0.2) is 23.2 Å². The van der Waals surface area contributed by atoms with Gasteiger partial charge in [0.2, 0.25) is 10.1 Å². The van der Waals surface area contributed by atoms with E-state index in [9.17, 15) is 4.79 Å². The second-order valence-corrected chi connectivity index (χ2v) is 5.37. The smallest absolute Gasteiger partial charge is 0.286 e. The van der Waals surface area contributed by atoms with Gasteiger partial charge in [0.05, 0.1) is 0 Å². The number of benzene rings is 1. The Kier molecular flexibility index (Phi) is 3.80. The zero-order chi connectivity index (χ0) is 14.0. The van der Waals surface area contributed by atoms with Gasteiger partial charge in [0.1, 0.15) is 0 Å². The lowest BCUT2D eigenvalue weighted by molar-refractivity contribution is 0.102. The molecule has 0 unspecified atom stereocenters. The Balaban J connectivity index is 2.24. The van der Waals surface area contributed by atoms with Gasteiger partial charge < -0.3 is 10.6 Å². The van der Waals surface area contributed by atoms with Crippen molar-refractivity contribution in [3.05, 3.63) is 33.8 Å². The molecule has 1 aromatic carbocycles. The van der Waals surface area contributed by atoms with Crippen LogP contribution in [0.5, 0.6) is 0 Å². The van der Waals surface area contributed by atoms with Gasteiger partial charge in [-0.15, -0.1) is 10.2 Å². The molecule has 100 valence electrons. The van der Waals surface area contributed by atoms with E-state index in [1.54, 1.807) is 7.05 Å². The van der Waals surface area contributed by atoms with Gasteiger partial charge in [-0.05, 0) is 31.9 Å². The molecule has 0 saturated heterocycles. The molecule has 6 heteroatoms. The van der Waals surface area contributed by atoms with Crippen LogP contribution in [0, 0.1) is 20.8 Å². The fourth-order valence-corrected chi connectivity index (χ4v) is 2.55. The molecule has 2 aromatic rings. The number of hydrogen-bond acceptors (Lipinski definition) is 5. The van der Waals surface area contributed by atoms with E-state index in [-0.39, 0.29) is 5.91 Å². The van der Waals surface area contributed by atoms with E-state index in [1.165, 1.54) is 16.9 Å². The number of nitrogens with one attached hydrogen (secondary N) is 2. The van der Waals surface area contributed by atoms with Crippen molar-refractivity contribution in [1.82, 2.24) is 10.2 Å². The van der Waals surface area contributed by atoms with Crippen LogP contribution in [0.2, 0.25) is 0 Å². The molecule has 1 aromatic heterocycles. The second kappa shape index (κ2) is 5.36. The maximum atomic E-state index is 12.1. The SMILES string of the molecule is CNc1nnc(C(=O)Nc2c(C)cc(C)cc2C)s1. The van der Waals surface area contributed by atoms with Gasteiger partial charge in [-0.1, -0.05) is 29.0 Å². The van der Waals surface area contributed by atoms with Crippen LogP contribution < -0.4 is 10.6 Å². The van der Waals surface area contributed by atoms with Crippen molar-refractivity contribution in [3.8, 4) is 0 Å². The average Bonchev–Trinajstić information content (AvgIpc) is 2.82. The molecule has 0 saturated carbocycles. The molecule has 0 bridgehead atoms. The number of aromatic nitrogens is 2. The molecule has 0 aliphatic rings. The molecule has 0 radical (unpaired) electrons. The number of nitrogens with zero attached hydrogens (tertiary/aromatic N) is 2. The number of aryl methyl sites for hydroxylation is 3. The summed E-state index contributed by atoms with van der Waals surface area (Å²) in [6.45, 7) is 6.00. The Bertz CT molecular complexity index is 598. The highest BCUT2D eigenvalue weighted by Gasteiger charge is 2.14. The lowest BCUT2D eigenvalue weighted by Gasteiger charge is -2.11. The Morgan fingerprint density at radius 2 is 1.79 bits per heavy atom. The molecule has 5 nitrogen and oxygen atoms in total. The fourth-order valence-electron chi connectivity index (χ4n) is 1.96. The van der Waals surface area contributed by atoms with Crippen LogP contribution in [0.4, 0.5) is 10.8 Å². The number of anilines is 2. The zero-order valence-electron chi connectivity index (χ0n) is 11.4. The lowest BCUT2D eigenvalue weighted by Crippen LogP contribution is -2.13. The quantitative estimate of drug-likeness (QED) is 0.904. The molecule has 2 rings (SSSR count). The second-order valence-electron chi connectivity index (χ2n) is 4.39. The minimum Gasteiger partial charge on any atom is -0.363 e. The van der Waals surface area contributed by atoms with Gasteiger partial charge >= 0.3 is 0 Å². The zero-order valence-corrected chi connectivity index (χ0v) is 12.2. The summed E-state index contributed by atoms with van der Waals surface area (Å²) in [6.07, 6.45) is 0. The third-order valence-electron chi connectivity index (χ3n) is 2.75. The summed E-state index contributed by atoms with van der Waals surface area (Å²) >= 11 is 1.23. The van der Waals surface area contributed by atoms with Crippen LogP contribution in [0.25, 0.3) is 0 Å². The predicted molar refractivity (Wildman–Crippen MR) is 78.1 cm³/mol. The molecule has 1 heterocycles. The summed E-state index contributed by atoms with van der Waals surface area (Å²) in [6, 6.07) is 4.09. The number of rotatable bonds is 3. The first kappa shape index (κ1) is 13.5. The summed E-state index contributed by atoms with van der Waals surface area (Å²) in [7, 11) is 1.75. The number of carbonyl (C=O) groups is 1. The molecule has 0 spiro atoms. The van der Waals surface area contributed by atoms with E-state index in [0.29, 0.717) is 10.1 Å². The van der Waals surface area contributed by atoms with Crippen LogP contribution >= 0.6 is 11.3 Å². The Morgan fingerprint density at radius 3 is 2.32 bits per heavy atom. The summed E-state index contributed by atoms with van der Waals surface area (Å²) in [5, 5.41) is 14.4. The summed E-state index contributed by atoms with van der Waals surface area (Å²) < 4.78 is 0. The molecule has 2 N–H and O–H groups in total. The number of amides is 1. The average molecular weight is 276 g/mol. The minimum absolute atomic E-state index is 0.228. The van der Waals surface area contributed by atoms with Gasteiger partial charge in [0.25, 0.3) is 5.91 Å². The minimum atomic E-state index is -0.228. The Morgan fingerprint density at radius 1 is 1.16 bits per heavy atom. The maximum absolute atomic E-state index is 12.1. The summed E-state index contributed by atoms with van der Waals surface area (Å²) in [5.41, 5.74) is 4.12. The third-order valence-corrected chi connectivity index (χ3v) is 3.69.